The van der Waals surface area contributed by atoms with E-state index in [4.69, 9.17) is 9.72 Å². The van der Waals surface area contributed by atoms with Crippen LogP contribution in [0.15, 0.2) is 122 Å². The van der Waals surface area contributed by atoms with Gasteiger partial charge in [0.1, 0.15) is 5.82 Å². The van der Waals surface area contributed by atoms with Gasteiger partial charge in [0.05, 0.1) is 11.4 Å². The largest absolute Gasteiger partial charge is 0.510 e. The minimum absolute atomic E-state index is 0. The van der Waals surface area contributed by atoms with Gasteiger partial charge in [-0.3, -0.25) is 4.57 Å². The summed E-state index contributed by atoms with van der Waals surface area (Å²) in [7, 11) is 0. The Morgan fingerprint density at radius 1 is 0.672 bits per heavy atom. The third kappa shape index (κ3) is 7.82. The van der Waals surface area contributed by atoms with Gasteiger partial charge in [-0.05, 0) is 91.9 Å². The van der Waals surface area contributed by atoms with Crippen LogP contribution in [0.2, 0.25) is 0 Å². The SMILES string of the molecule is CC(C)c1cccc(C(C)C)c1-c1ccc(-[n+]2[c-]n(-c3[c-]c(Oc4[c-]c5c(cc4)c4ccccc4n5-c4cc(C(C)(C)C)ccn4)ccc3)c(C(C)(C)C)c2)cc1.[Pt]. The van der Waals surface area contributed by atoms with Gasteiger partial charge in [-0.2, -0.15) is 18.2 Å². The summed E-state index contributed by atoms with van der Waals surface area (Å²) in [5.74, 6) is 2.93. The maximum atomic E-state index is 6.56. The summed E-state index contributed by atoms with van der Waals surface area (Å²) >= 11 is 0. The van der Waals surface area contributed by atoms with Crippen LogP contribution >= 0.6 is 0 Å². The summed E-state index contributed by atoms with van der Waals surface area (Å²) in [6.45, 7) is 22.5. The maximum Gasteiger partial charge on any atom is 0.267 e. The fourth-order valence-electron chi connectivity index (χ4n) is 7.81. The average Bonchev–Trinajstić information content (AvgIpc) is 3.78. The van der Waals surface area contributed by atoms with E-state index in [-0.39, 0.29) is 31.9 Å². The van der Waals surface area contributed by atoms with Crippen LogP contribution < -0.4 is 9.30 Å². The molecule has 3 heterocycles. The van der Waals surface area contributed by atoms with Crippen LogP contribution in [0.3, 0.4) is 0 Å². The molecule has 0 aliphatic heterocycles. The molecule has 5 aromatic carbocycles. The molecule has 5 nitrogen and oxygen atoms in total. The van der Waals surface area contributed by atoms with E-state index in [1.165, 1.54) is 27.8 Å². The molecule has 0 N–H and O–H groups in total. The van der Waals surface area contributed by atoms with Crippen LogP contribution in [-0.2, 0) is 31.9 Å². The van der Waals surface area contributed by atoms with Gasteiger partial charge in [0.2, 0.25) is 0 Å². The van der Waals surface area contributed by atoms with Gasteiger partial charge in [-0.25, -0.2) is 4.98 Å². The average molecular weight is 944 g/mol. The Morgan fingerprint density at radius 2 is 1.34 bits per heavy atom. The van der Waals surface area contributed by atoms with Crippen LogP contribution in [0.5, 0.6) is 11.5 Å². The molecule has 8 rings (SSSR count). The van der Waals surface area contributed by atoms with E-state index in [0.29, 0.717) is 23.3 Å². The molecular formula is C52H52N4OPt-2. The minimum atomic E-state index is -0.167. The minimum Gasteiger partial charge on any atom is -0.510 e. The van der Waals surface area contributed by atoms with Crippen LogP contribution in [0.4, 0.5) is 0 Å². The molecule has 0 bridgehead atoms. The third-order valence-corrected chi connectivity index (χ3v) is 10.9. The van der Waals surface area contributed by atoms with E-state index in [1.54, 1.807) is 0 Å². The molecule has 298 valence electrons. The molecule has 0 aliphatic carbocycles. The quantitative estimate of drug-likeness (QED) is 0.112. The molecule has 0 atom stereocenters. The number of nitrogens with zero attached hydrogens (tertiary/aromatic N) is 4. The fourth-order valence-corrected chi connectivity index (χ4v) is 7.81. The van der Waals surface area contributed by atoms with Crippen LogP contribution in [0.1, 0.15) is 103 Å². The van der Waals surface area contributed by atoms with Crippen molar-refractivity contribution in [1.82, 2.24) is 14.1 Å². The van der Waals surface area contributed by atoms with Crippen LogP contribution in [-0.4, -0.2) is 14.1 Å². The second-order valence-corrected chi connectivity index (χ2v) is 17.8. The molecule has 0 unspecified atom stereocenters. The summed E-state index contributed by atoms with van der Waals surface area (Å²) in [4.78, 5) is 4.83. The van der Waals surface area contributed by atoms with Crippen molar-refractivity contribution in [3.8, 4) is 39.8 Å². The summed E-state index contributed by atoms with van der Waals surface area (Å²) in [6, 6.07) is 45.6. The third-order valence-electron chi connectivity index (χ3n) is 10.9. The van der Waals surface area contributed by atoms with Crippen molar-refractivity contribution < 1.29 is 30.4 Å². The first kappa shape index (κ1) is 40.9. The Bertz CT molecular complexity index is 2710. The molecule has 0 fully saturated rings. The molecule has 8 aromatic rings. The number of para-hydroxylation sites is 1. The normalized spacial score (nSPS) is 12.1. The van der Waals surface area contributed by atoms with Gasteiger partial charge in [0, 0.05) is 50.5 Å². The zero-order chi connectivity index (χ0) is 40.2. The van der Waals surface area contributed by atoms with Gasteiger partial charge in [-0.1, -0.05) is 123 Å². The fraction of sp³-hybridized carbons (Fsp3) is 0.269. The first-order chi connectivity index (χ1) is 27.2. The predicted octanol–water partition coefficient (Wildman–Crippen LogP) is 12.9. The molecular weight excluding hydrogens is 892 g/mol. The summed E-state index contributed by atoms with van der Waals surface area (Å²) in [6.07, 6.45) is 7.72. The van der Waals surface area contributed by atoms with E-state index in [9.17, 15) is 0 Å². The van der Waals surface area contributed by atoms with Crippen molar-refractivity contribution >= 4 is 21.8 Å². The second kappa shape index (κ2) is 15.8. The first-order valence-corrected chi connectivity index (χ1v) is 20.1. The van der Waals surface area contributed by atoms with E-state index in [0.717, 1.165) is 44.7 Å². The molecule has 0 saturated carbocycles. The van der Waals surface area contributed by atoms with Crippen LogP contribution in [0, 0.1) is 18.5 Å². The number of ether oxygens (including phenoxy) is 1. The molecule has 58 heavy (non-hydrogen) atoms. The van der Waals surface area contributed by atoms with Crippen molar-refractivity contribution in [3.63, 3.8) is 0 Å². The molecule has 0 radical (unpaired) electrons. The van der Waals surface area contributed by atoms with Gasteiger partial charge >= 0.3 is 0 Å². The van der Waals surface area contributed by atoms with Gasteiger partial charge < -0.3 is 13.9 Å². The smallest absolute Gasteiger partial charge is 0.267 e. The summed E-state index contributed by atoms with van der Waals surface area (Å²) < 4.78 is 12.9. The van der Waals surface area contributed by atoms with Crippen molar-refractivity contribution in [2.75, 3.05) is 0 Å². The Labute approximate surface area is 358 Å². The summed E-state index contributed by atoms with van der Waals surface area (Å²) in [5.41, 5.74) is 11.4. The number of hydrogen-bond acceptors (Lipinski definition) is 2. The number of fused-ring (bicyclic) bond motifs is 3. The number of imidazole rings is 1. The van der Waals surface area contributed by atoms with Crippen LogP contribution in [0.25, 0.3) is 50.1 Å². The first-order valence-electron chi connectivity index (χ1n) is 20.1. The maximum absolute atomic E-state index is 6.56. The molecule has 6 heteroatoms. The molecule has 0 amide bonds. The standard InChI is InChI=1S/C52H52N4O.Pt/c1-34(2)42-18-14-19-43(35(3)4)50(42)36-21-23-38(24-22-36)54-32-48(52(8,9)10)55(33-54)39-15-13-16-40(30-39)57-41-25-26-45-44-17-11-12-20-46(44)56(47(45)31-41)49-29-37(27-28-53-49)51(5,6)7;/h11-29,32,34-35H,1-10H3;/q-2;. The van der Waals surface area contributed by atoms with Gasteiger partial charge in [-0.15, -0.1) is 29.7 Å². The number of benzene rings is 5. The van der Waals surface area contributed by atoms with E-state index >= 15 is 0 Å². The number of rotatable bonds is 8. The predicted molar refractivity (Wildman–Crippen MR) is 233 cm³/mol. The number of hydrogen-bond donors (Lipinski definition) is 0. The zero-order valence-electron chi connectivity index (χ0n) is 35.2. The van der Waals surface area contributed by atoms with Crippen molar-refractivity contribution in [3.05, 3.63) is 162 Å². The van der Waals surface area contributed by atoms with E-state index in [2.05, 4.69) is 199 Å². The number of pyridine rings is 1. The Kier molecular flexibility index (Phi) is 11.2. The Morgan fingerprint density at radius 3 is 2.02 bits per heavy atom. The Hall–Kier alpha value is -5.25. The van der Waals surface area contributed by atoms with Crippen molar-refractivity contribution in [2.45, 2.75) is 91.9 Å². The summed E-state index contributed by atoms with van der Waals surface area (Å²) in [5, 5.41) is 2.24. The molecule has 3 aromatic heterocycles. The zero-order valence-corrected chi connectivity index (χ0v) is 37.5. The molecule has 0 saturated heterocycles. The molecule has 0 spiro atoms. The topological polar surface area (TPSA) is 35.9 Å². The second-order valence-electron chi connectivity index (χ2n) is 17.8. The van der Waals surface area contributed by atoms with E-state index in [1.807, 2.05) is 24.4 Å². The van der Waals surface area contributed by atoms with Gasteiger partial charge in [0.15, 0.2) is 0 Å². The molecule has 0 aliphatic rings. The van der Waals surface area contributed by atoms with Crippen molar-refractivity contribution in [1.29, 1.82) is 0 Å². The monoisotopic (exact) mass is 943 g/mol. The Balaban J connectivity index is 0.00000512. The van der Waals surface area contributed by atoms with Gasteiger partial charge in [0.25, 0.3) is 6.33 Å². The van der Waals surface area contributed by atoms with E-state index < -0.39 is 0 Å². The number of aromatic nitrogens is 4. The van der Waals surface area contributed by atoms with Crippen molar-refractivity contribution in [2.24, 2.45) is 0 Å².